The summed E-state index contributed by atoms with van der Waals surface area (Å²) in [4.78, 5) is 2.48. The maximum Gasteiger partial charge on any atom is 0.0465 e. The molecule has 0 spiro atoms. The van der Waals surface area contributed by atoms with Gasteiger partial charge in [-0.05, 0) is 28.5 Å². The Morgan fingerprint density at radius 3 is 2.05 bits per heavy atom. The maximum absolute atomic E-state index is 6.24. The van der Waals surface area contributed by atoms with Gasteiger partial charge in [-0.1, -0.05) is 57.0 Å². The molecule has 2 rings (SSSR count). The van der Waals surface area contributed by atoms with Crippen LogP contribution in [0.5, 0.6) is 0 Å². The molecular weight excluding hydrogens is 301 g/mol. The van der Waals surface area contributed by atoms with Gasteiger partial charge in [-0.2, -0.15) is 0 Å². The van der Waals surface area contributed by atoms with Crippen LogP contribution in [0.3, 0.4) is 0 Å². The number of hydrogen-bond acceptors (Lipinski definition) is 1. The summed E-state index contributed by atoms with van der Waals surface area (Å²) in [6, 6.07) is 5.77. The van der Waals surface area contributed by atoms with E-state index in [2.05, 4.69) is 32.6 Å². The van der Waals surface area contributed by atoms with Gasteiger partial charge >= 0.3 is 0 Å². The Labute approximate surface area is 132 Å². The van der Waals surface area contributed by atoms with Crippen LogP contribution in [0.1, 0.15) is 33.3 Å². The molecule has 4 heteroatoms. The maximum atomic E-state index is 6.24. The number of hydrogen-bond donors (Lipinski definition) is 0. The highest BCUT2D eigenvalue weighted by atomic mass is 35.5. The summed E-state index contributed by atoms with van der Waals surface area (Å²) in [5.41, 5.74) is 1.84. The molecule has 0 saturated carbocycles. The van der Waals surface area contributed by atoms with E-state index in [0.29, 0.717) is 15.9 Å². The van der Waals surface area contributed by atoms with Gasteiger partial charge in [0.05, 0.1) is 0 Å². The smallest absolute Gasteiger partial charge is 0.0465 e. The lowest BCUT2D eigenvalue weighted by atomic mass is 9.71. The van der Waals surface area contributed by atoms with Crippen LogP contribution in [0.25, 0.3) is 0 Å². The van der Waals surface area contributed by atoms with Gasteiger partial charge in [0.2, 0.25) is 0 Å². The van der Waals surface area contributed by atoms with Crippen LogP contribution in [0.2, 0.25) is 10.0 Å². The summed E-state index contributed by atoms with van der Waals surface area (Å²) in [5, 5.41) is 1.47. The van der Waals surface area contributed by atoms with Gasteiger partial charge in [-0.3, -0.25) is 4.90 Å². The molecule has 1 aliphatic rings. The average Bonchev–Trinajstić information content (AvgIpc) is 2.40. The first-order valence-corrected chi connectivity index (χ1v) is 7.13. The SMILES string of the molecule is CC1(C)CN(Cc2ccc(Cl)cc2Cl)CC1(C)C.Cl. The zero-order chi connectivity index (χ0) is 13.6. The van der Waals surface area contributed by atoms with Crippen LogP contribution in [0.4, 0.5) is 0 Å². The molecule has 1 fully saturated rings. The second kappa shape index (κ2) is 5.81. The fraction of sp³-hybridized carbons (Fsp3) is 0.600. The molecule has 0 bridgehead atoms. The normalized spacial score (nSPS) is 21.2. The van der Waals surface area contributed by atoms with Crippen molar-refractivity contribution >= 4 is 35.6 Å². The van der Waals surface area contributed by atoms with E-state index >= 15 is 0 Å². The number of nitrogens with zero attached hydrogens (tertiary/aromatic N) is 1. The lowest BCUT2D eigenvalue weighted by molar-refractivity contribution is 0.184. The molecule has 1 heterocycles. The Bertz CT molecular complexity index is 439. The molecular formula is C15H22Cl3N. The molecule has 1 saturated heterocycles. The standard InChI is InChI=1S/C15H21Cl2N.ClH/c1-14(2)9-18(10-15(14,3)4)8-11-5-6-12(16)7-13(11)17;/h5-7H,8-10H2,1-4H3;1H. The van der Waals surface area contributed by atoms with Crippen molar-refractivity contribution in [2.45, 2.75) is 34.2 Å². The first kappa shape index (κ1) is 17.1. The van der Waals surface area contributed by atoms with Gasteiger partial charge in [-0.15, -0.1) is 12.4 Å². The quantitative estimate of drug-likeness (QED) is 0.715. The molecule has 1 nitrogen and oxygen atoms in total. The minimum atomic E-state index is 0. The predicted molar refractivity (Wildman–Crippen MR) is 86.5 cm³/mol. The third-order valence-electron chi connectivity index (χ3n) is 4.48. The van der Waals surface area contributed by atoms with Crippen molar-refractivity contribution in [1.82, 2.24) is 4.90 Å². The topological polar surface area (TPSA) is 3.24 Å². The van der Waals surface area contributed by atoms with Gasteiger partial charge in [-0.25, -0.2) is 0 Å². The van der Waals surface area contributed by atoms with E-state index in [0.717, 1.165) is 30.2 Å². The van der Waals surface area contributed by atoms with Crippen molar-refractivity contribution in [2.75, 3.05) is 13.1 Å². The Morgan fingerprint density at radius 1 is 1.05 bits per heavy atom. The Balaban J connectivity index is 0.00000180. The fourth-order valence-electron chi connectivity index (χ4n) is 2.60. The average molecular weight is 323 g/mol. The van der Waals surface area contributed by atoms with E-state index in [9.17, 15) is 0 Å². The molecule has 0 amide bonds. The summed E-state index contributed by atoms with van der Waals surface area (Å²) in [6.07, 6.45) is 0. The number of likely N-dealkylation sites (tertiary alicyclic amines) is 1. The number of rotatable bonds is 2. The van der Waals surface area contributed by atoms with E-state index < -0.39 is 0 Å². The van der Waals surface area contributed by atoms with E-state index in [4.69, 9.17) is 23.2 Å². The van der Waals surface area contributed by atoms with Gasteiger partial charge in [0.15, 0.2) is 0 Å². The van der Waals surface area contributed by atoms with Crippen molar-refractivity contribution < 1.29 is 0 Å². The first-order chi connectivity index (χ1) is 8.21. The van der Waals surface area contributed by atoms with Crippen LogP contribution in [0.15, 0.2) is 18.2 Å². The molecule has 1 aromatic carbocycles. The zero-order valence-corrected chi connectivity index (χ0v) is 14.3. The molecule has 0 radical (unpaired) electrons. The third-order valence-corrected chi connectivity index (χ3v) is 5.07. The monoisotopic (exact) mass is 321 g/mol. The summed E-state index contributed by atoms with van der Waals surface area (Å²) in [6.45, 7) is 12.5. The van der Waals surface area contributed by atoms with Gasteiger partial charge in [0.1, 0.15) is 0 Å². The Morgan fingerprint density at radius 2 is 1.58 bits per heavy atom. The molecule has 1 aliphatic heterocycles. The molecule has 0 unspecified atom stereocenters. The predicted octanol–water partition coefficient (Wildman–Crippen LogP) is 5.28. The van der Waals surface area contributed by atoms with E-state index in [1.807, 2.05) is 18.2 Å². The van der Waals surface area contributed by atoms with Crippen LogP contribution < -0.4 is 0 Å². The number of benzene rings is 1. The van der Waals surface area contributed by atoms with Crippen LogP contribution >= 0.6 is 35.6 Å². The second-order valence-electron chi connectivity index (χ2n) is 6.65. The molecule has 0 aromatic heterocycles. The van der Waals surface area contributed by atoms with Gasteiger partial charge < -0.3 is 0 Å². The molecule has 0 N–H and O–H groups in total. The third kappa shape index (κ3) is 3.58. The highest BCUT2D eigenvalue weighted by Gasteiger charge is 2.45. The van der Waals surface area contributed by atoms with E-state index in [1.165, 1.54) is 0 Å². The second-order valence-corrected chi connectivity index (χ2v) is 7.49. The van der Waals surface area contributed by atoms with Crippen molar-refractivity contribution in [3.8, 4) is 0 Å². The highest BCUT2D eigenvalue weighted by molar-refractivity contribution is 6.35. The molecule has 19 heavy (non-hydrogen) atoms. The van der Waals surface area contributed by atoms with Crippen molar-refractivity contribution in [3.63, 3.8) is 0 Å². The van der Waals surface area contributed by atoms with Crippen molar-refractivity contribution in [1.29, 1.82) is 0 Å². The fourth-order valence-corrected chi connectivity index (χ4v) is 3.07. The summed E-state index contributed by atoms with van der Waals surface area (Å²) < 4.78 is 0. The number of halogens is 3. The molecule has 0 atom stereocenters. The molecule has 108 valence electrons. The van der Waals surface area contributed by atoms with Crippen LogP contribution in [0, 0.1) is 10.8 Å². The highest BCUT2D eigenvalue weighted by Crippen LogP contribution is 2.45. The lowest BCUT2D eigenvalue weighted by Crippen LogP contribution is -2.30. The Hall–Kier alpha value is 0.0500. The summed E-state index contributed by atoms with van der Waals surface area (Å²) in [7, 11) is 0. The minimum absolute atomic E-state index is 0. The van der Waals surface area contributed by atoms with Crippen LogP contribution in [-0.2, 0) is 6.54 Å². The minimum Gasteiger partial charge on any atom is -0.298 e. The van der Waals surface area contributed by atoms with Crippen molar-refractivity contribution in [2.24, 2.45) is 10.8 Å². The molecule has 1 aromatic rings. The molecule has 0 aliphatic carbocycles. The first-order valence-electron chi connectivity index (χ1n) is 6.38. The van der Waals surface area contributed by atoms with E-state index in [1.54, 1.807) is 0 Å². The largest absolute Gasteiger partial charge is 0.298 e. The van der Waals surface area contributed by atoms with E-state index in [-0.39, 0.29) is 12.4 Å². The van der Waals surface area contributed by atoms with Gasteiger partial charge in [0.25, 0.3) is 0 Å². The zero-order valence-electron chi connectivity index (χ0n) is 12.0. The van der Waals surface area contributed by atoms with Crippen LogP contribution in [-0.4, -0.2) is 18.0 Å². The summed E-state index contributed by atoms with van der Waals surface area (Å²) in [5.74, 6) is 0. The van der Waals surface area contributed by atoms with Gasteiger partial charge in [0, 0.05) is 29.7 Å². The van der Waals surface area contributed by atoms with Crippen molar-refractivity contribution in [3.05, 3.63) is 33.8 Å². The Kier molecular flexibility index (Phi) is 5.23. The summed E-state index contributed by atoms with van der Waals surface area (Å²) >= 11 is 12.2. The lowest BCUT2D eigenvalue weighted by Gasteiger charge is -2.33.